The van der Waals surface area contributed by atoms with Crippen LogP contribution >= 0.6 is 11.8 Å². The third-order valence-corrected chi connectivity index (χ3v) is 6.00. The van der Waals surface area contributed by atoms with Crippen LogP contribution in [0, 0.1) is 0 Å². The fourth-order valence-corrected chi connectivity index (χ4v) is 4.96. The molecule has 3 aliphatic rings. The van der Waals surface area contributed by atoms with E-state index in [4.69, 9.17) is 4.74 Å². The van der Waals surface area contributed by atoms with Crippen molar-refractivity contribution in [2.45, 2.75) is 37.5 Å². The van der Waals surface area contributed by atoms with Crippen LogP contribution < -0.4 is 5.32 Å². The van der Waals surface area contributed by atoms with Crippen LogP contribution in [-0.2, 0) is 4.74 Å². The molecule has 3 aliphatic heterocycles. The van der Waals surface area contributed by atoms with Crippen molar-refractivity contribution < 1.29 is 9.53 Å². The Hall–Kier alpha value is -1.20. The van der Waals surface area contributed by atoms with E-state index in [0.29, 0.717) is 6.54 Å². The van der Waals surface area contributed by atoms with E-state index in [1.165, 1.54) is 0 Å². The Kier molecular flexibility index (Phi) is 3.78. The molecule has 2 saturated heterocycles. The summed E-state index contributed by atoms with van der Waals surface area (Å²) in [5.74, 6) is 2.37. The zero-order chi connectivity index (χ0) is 15.0. The summed E-state index contributed by atoms with van der Waals surface area (Å²) in [7, 11) is 0. The van der Waals surface area contributed by atoms with E-state index in [1.54, 1.807) is 0 Å². The highest BCUT2D eigenvalue weighted by Crippen LogP contribution is 2.40. The second-order valence-electron chi connectivity index (χ2n) is 6.37. The predicted octanol–water partition coefficient (Wildman–Crippen LogP) is 2.96. The molecule has 1 amide bonds. The van der Waals surface area contributed by atoms with Gasteiger partial charge in [0.25, 0.3) is 5.91 Å². The molecule has 4 nitrogen and oxygen atoms in total. The monoisotopic (exact) mass is 318 g/mol. The Morgan fingerprint density at radius 2 is 2.14 bits per heavy atom. The van der Waals surface area contributed by atoms with E-state index in [0.717, 1.165) is 55.0 Å². The summed E-state index contributed by atoms with van der Waals surface area (Å²) in [6, 6.07) is 7.90. The van der Waals surface area contributed by atoms with Gasteiger partial charge in [-0.15, -0.1) is 0 Å². The van der Waals surface area contributed by atoms with Crippen LogP contribution in [0.15, 0.2) is 24.3 Å². The molecule has 0 aliphatic carbocycles. The van der Waals surface area contributed by atoms with Gasteiger partial charge in [0.1, 0.15) is 5.66 Å². The lowest BCUT2D eigenvalue weighted by Crippen LogP contribution is -2.63. The summed E-state index contributed by atoms with van der Waals surface area (Å²) >= 11 is 1.98. The van der Waals surface area contributed by atoms with Gasteiger partial charge < -0.3 is 15.0 Å². The maximum atomic E-state index is 13.1. The Morgan fingerprint density at radius 3 is 2.91 bits per heavy atom. The molecule has 1 aromatic rings. The highest BCUT2D eigenvalue weighted by atomic mass is 32.2. The molecule has 2 fully saturated rings. The first-order chi connectivity index (χ1) is 10.8. The predicted molar refractivity (Wildman–Crippen MR) is 89.4 cm³/mol. The second kappa shape index (κ2) is 5.78. The number of ether oxygens (including phenoxy) is 1. The van der Waals surface area contributed by atoms with Crippen molar-refractivity contribution >= 4 is 23.4 Å². The van der Waals surface area contributed by atoms with Crippen LogP contribution in [-0.4, -0.2) is 47.2 Å². The number of rotatable bonds is 2. The Bertz CT molecular complexity index is 566. The number of para-hydroxylation sites is 1. The van der Waals surface area contributed by atoms with Crippen molar-refractivity contribution in [1.29, 1.82) is 0 Å². The standard InChI is InChI=1S/C17H22N2O2S/c20-16-14-5-1-2-6-15(14)18-17(7-10-22-11-8-17)19(16)12-13-4-3-9-21-13/h1-2,5-6,13,18H,3-4,7-12H2/t13-/m0/s1. The minimum absolute atomic E-state index is 0.164. The van der Waals surface area contributed by atoms with Gasteiger partial charge in [-0.3, -0.25) is 4.79 Å². The van der Waals surface area contributed by atoms with Crippen LogP contribution in [0.4, 0.5) is 5.69 Å². The van der Waals surface area contributed by atoms with Gasteiger partial charge in [-0.05, 0) is 49.3 Å². The number of hydrogen-bond donors (Lipinski definition) is 1. The first-order valence-electron chi connectivity index (χ1n) is 8.17. The van der Waals surface area contributed by atoms with E-state index < -0.39 is 0 Å². The number of carbonyl (C=O) groups is 1. The number of hydrogen-bond acceptors (Lipinski definition) is 4. The molecule has 3 heterocycles. The second-order valence-corrected chi connectivity index (χ2v) is 7.59. The van der Waals surface area contributed by atoms with Crippen LogP contribution in [0.5, 0.6) is 0 Å². The summed E-state index contributed by atoms with van der Waals surface area (Å²) in [4.78, 5) is 15.2. The van der Waals surface area contributed by atoms with Crippen LogP contribution in [0.3, 0.4) is 0 Å². The van der Waals surface area contributed by atoms with Gasteiger partial charge in [0, 0.05) is 18.8 Å². The minimum Gasteiger partial charge on any atom is -0.376 e. The molecule has 1 atom stereocenters. The van der Waals surface area contributed by atoms with Crippen molar-refractivity contribution in [2.75, 3.05) is 30.0 Å². The Balaban J connectivity index is 1.69. The van der Waals surface area contributed by atoms with Gasteiger partial charge in [0.15, 0.2) is 0 Å². The van der Waals surface area contributed by atoms with Crippen molar-refractivity contribution in [3.8, 4) is 0 Å². The molecule has 22 heavy (non-hydrogen) atoms. The zero-order valence-electron chi connectivity index (χ0n) is 12.7. The lowest BCUT2D eigenvalue weighted by Gasteiger charge is -2.51. The molecule has 1 N–H and O–H groups in total. The number of fused-ring (bicyclic) bond motifs is 1. The van der Waals surface area contributed by atoms with Gasteiger partial charge in [0.2, 0.25) is 0 Å². The number of benzene rings is 1. The van der Waals surface area contributed by atoms with Crippen LogP contribution in [0.25, 0.3) is 0 Å². The third kappa shape index (κ3) is 2.40. The Labute approximate surface area is 135 Å². The van der Waals surface area contributed by atoms with E-state index in [9.17, 15) is 4.79 Å². The molecule has 4 rings (SSSR count). The van der Waals surface area contributed by atoms with Gasteiger partial charge >= 0.3 is 0 Å². The summed E-state index contributed by atoms with van der Waals surface area (Å²) in [6.07, 6.45) is 4.38. The maximum Gasteiger partial charge on any atom is 0.257 e. The average Bonchev–Trinajstić information content (AvgIpc) is 3.06. The zero-order valence-corrected chi connectivity index (χ0v) is 13.5. The van der Waals surface area contributed by atoms with Gasteiger partial charge in [-0.25, -0.2) is 0 Å². The molecular formula is C17H22N2O2S. The molecule has 0 bridgehead atoms. The molecule has 0 saturated carbocycles. The quantitative estimate of drug-likeness (QED) is 0.910. The number of nitrogens with zero attached hydrogens (tertiary/aromatic N) is 1. The van der Waals surface area contributed by atoms with E-state index in [2.05, 4.69) is 10.2 Å². The molecule has 0 unspecified atom stereocenters. The number of anilines is 1. The fraction of sp³-hybridized carbons (Fsp3) is 0.588. The van der Waals surface area contributed by atoms with Gasteiger partial charge in [0.05, 0.1) is 11.7 Å². The van der Waals surface area contributed by atoms with Crippen LogP contribution in [0.2, 0.25) is 0 Å². The SMILES string of the molecule is O=C1c2ccccc2NC2(CCSCC2)N1C[C@@H]1CCCO1. The topological polar surface area (TPSA) is 41.6 Å². The van der Waals surface area contributed by atoms with E-state index in [1.807, 2.05) is 36.0 Å². The molecular weight excluding hydrogens is 296 g/mol. The summed E-state index contributed by atoms with van der Waals surface area (Å²) in [5.41, 5.74) is 1.56. The molecule has 118 valence electrons. The lowest BCUT2D eigenvalue weighted by atomic mass is 9.93. The normalized spacial score (nSPS) is 26.8. The summed E-state index contributed by atoms with van der Waals surface area (Å²) in [6.45, 7) is 1.55. The van der Waals surface area contributed by atoms with Crippen molar-refractivity contribution in [2.24, 2.45) is 0 Å². The number of amides is 1. The maximum absolute atomic E-state index is 13.1. The minimum atomic E-state index is -0.220. The first-order valence-corrected chi connectivity index (χ1v) is 9.32. The fourth-order valence-electron chi connectivity index (χ4n) is 3.79. The number of nitrogens with one attached hydrogen (secondary N) is 1. The molecule has 0 radical (unpaired) electrons. The summed E-state index contributed by atoms with van der Waals surface area (Å²) in [5, 5.41) is 3.70. The molecule has 5 heteroatoms. The number of carbonyl (C=O) groups excluding carboxylic acids is 1. The largest absolute Gasteiger partial charge is 0.376 e. The van der Waals surface area contributed by atoms with Crippen LogP contribution in [0.1, 0.15) is 36.0 Å². The van der Waals surface area contributed by atoms with Crippen molar-refractivity contribution in [3.63, 3.8) is 0 Å². The smallest absolute Gasteiger partial charge is 0.257 e. The van der Waals surface area contributed by atoms with E-state index >= 15 is 0 Å². The highest BCUT2D eigenvalue weighted by Gasteiger charge is 2.46. The van der Waals surface area contributed by atoms with Gasteiger partial charge in [-0.1, -0.05) is 12.1 Å². The van der Waals surface area contributed by atoms with Crippen molar-refractivity contribution in [3.05, 3.63) is 29.8 Å². The lowest BCUT2D eigenvalue weighted by molar-refractivity contribution is 0.0188. The van der Waals surface area contributed by atoms with Crippen molar-refractivity contribution in [1.82, 2.24) is 4.90 Å². The average molecular weight is 318 g/mol. The first kappa shape index (κ1) is 14.4. The third-order valence-electron chi connectivity index (χ3n) is 5.02. The highest BCUT2D eigenvalue weighted by molar-refractivity contribution is 7.99. The summed E-state index contributed by atoms with van der Waals surface area (Å²) < 4.78 is 5.80. The van der Waals surface area contributed by atoms with E-state index in [-0.39, 0.29) is 17.7 Å². The molecule has 0 aromatic heterocycles. The number of thioether (sulfide) groups is 1. The Morgan fingerprint density at radius 1 is 1.32 bits per heavy atom. The molecule has 1 spiro atoms. The van der Waals surface area contributed by atoms with Gasteiger partial charge in [-0.2, -0.15) is 11.8 Å². The molecule has 1 aromatic carbocycles.